The van der Waals surface area contributed by atoms with Crippen LogP contribution in [0.5, 0.6) is 5.75 Å². The van der Waals surface area contributed by atoms with Gasteiger partial charge in [0.05, 0.1) is 6.61 Å². The molecule has 90 valence electrons. The molecule has 2 heteroatoms. The number of hydrogen-bond donors (Lipinski definition) is 0. The largest absolute Gasteiger partial charge is 0.493 e. The third kappa shape index (κ3) is 3.24. The van der Waals surface area contributed by atoms with Crippen molar-refractivity contribution < 1.29 is 4.74 Å². The normalized spacial score (nSPS) is 10.6. The average Bonchev–Trinajstić information content (AvgIpc) is 2.25. The van der Waals surface area contributed by atoms with Crippen molar-refractivity contribution in [2.45, 2.75) is 40.5 Å². The second-order valence-corrected chi connectivity index (χ2v) is 5.13. The number of halogens is 1. The number of hydrogen-bond acceptors (Lipinski definition) is 1. The van der Waals surface area contributed by atoms with Crippen LogP contribution in [0.4, 0.5) is 0 Å². The van der Waals surface area contributed by atoms with Crippen LogP contribution < -0.4 is 4.74 Å². The van der Waals surface area contributed by atoms with Crippen LogP contribution in [-0.4, -0.2) is 11.9 Å². The smallest absolute Gasteiger partial charge is 0.125 e. The molecule has 0 unspecified atom stereocenters. The van der Waals surface area contributed by atoms with Gasteiger partial charge in [-0.3, -0.25) is 0 Å². The zero-order chi connectivity index (χ0) is 12.1. The molecule has 0 aliphatic heterocycles. The first-order valence-electron chi connectivity index (χ1n) is 5.84. The monoisotopic (exact) mass is 284 g/mol. The van der Waals surface area contributed by atoms with Gasteiger partial charge in [0.1, 0.15) is 5.75 Å². The fourth-order valence-electron chi connectivity index (χ4n) is 1.77. The highest BCUT2D eigenvalue weighted by Gasteiger charge is 2.09. The number of benzene rings is 1. The van der Waals surface area contributed by atoms with Gasteiger partial charge in [-0.2, -0.15) is 0 Å². The minimum Gasteiger partial charge on any atom is -0.493 e. The maximum Gasteiger partial charge on any atom is 0.125 e. The summed E-state index contributed by atoms with van der Waals surface area (Å²) in [5.74, 6) is 1.09. The molecule has 1 aromatic carbocycles. The molecular weight excluding hydrogens is 264 g/mol. The quantitative estimate of drug-likeness (QED) is 0.572. The SMILES string of the molecule is Cc1cc(C)c(C)c(OCCCCBr)c1C. The van der Waals surface area contributed by atoms with E-state index in [2.05, 4.69) is 49.7 Å². The summed E-state index contributed by atoms with van der Waals surface area (Å²) in [6.45, 7) is 9.39. The summed E-state index contributed by atoms with van der Waals surface area (Å²) in [6, 6.07) is 2.23. The van der Waals surface area contributed by atoms with Crippen LogP contribution in [0.3, 0.4) is 0 Å². The van der Waals surface area contributed by atoms with Crippen molar-refractivity contribution >= 4 is 15.9 Å². The summed E-state index contributed by atoms with van der Waals surface area (Å²) in [7, 11) is 0. The van der Waals surface area contributed by atoms with Crippen molar-refractivity contribution in [1.82, 2.24) is 0 Å². The number of ether oxygens (including phenoxy) is 1. The standard InChI is InChI=1S/C14H21BrO/c1-10-9-11(2)13(4)14(12(10)3)16-8-6-5-7-15/h9H,5-8H2,1-4H3. The lowest BCUT2D eigenvalue weighted by atomic mass is 10.0. The van der Waals surface area contributed by atoms with Gasteiger partial charge in [0.2, 0.25) is 0 Å². The molecule has 0 aliphatic rings. The predicted molar refractivity (Wildman–Crippen MR) is 73.9 cm³/mol. The fraction of sp³-hybridized carbons (Fsp3) is 0.571. The van der Waals surface area contributed by atoms with E-state index in [4.69, 9.17) is 4.74 Å². The molecule has 0 radical (unpaired) electrons. The lowest BCUT2D eigenvalue weighted by Crippen LogP contribution is -2.03. The maximum absolute atomic E-state index is 5.91. The lowest BCUT2D eigenvalue weighted by Gasteiger charge is -2.16. The number of rotatable bonds is 5. The van der Waals surface area contributed by atoms with E-state index in [0.29, 0.717) is 0 Å². The number of aryl methyl sites for hydroxylation is 2. The fourth-order valence-corrected chi connectivity index (χ4v) is 2.16. The molecule has 0 N–H and O–H groups in total. The van der Waals surface area contributed by atoms with Crippen LogP contribution in [0.1, 0.15) is 35.1 Å². The molecule has 0 spiro atoms. The van der Waals surface area contributed by atoms with Gasteiger partial charge in [0.25, 0.3) is 0 Å². The molecule has 0 heterocycles. The highest BCUT2D eigenvalue weighted by atomic mass is 79.9. The first kappa shape index (κ1) is 13.6. The second kappa shape index (κ2) is 6.29. The van der Waals surface area contributed by atoms with Crippen molar-refractivity contribution in [1.29, 1.82) is 0 Å². The third-order valence-electron chi connectivity index (χ3n) is 3.07. The molecule has 0 atom stereocenters. The van der Waals surface area contributed by atoms with Crippen molar-refractivity contribution in [2.24, 2.45) is 0 Å². The predicted octanol–water partition coefficient (Wildman–Crippen LogP) is 4.47. The Kier molecular flexibility index (Phi) is 5.33. The van der Waals surface area contributed by atoms with E-state index >= 15 is 0 Å². The molecule has 0 fully saturated rings. The lowest BCUT2D eigenvalue weighted by molar-refractivity contribution is 0.305. The Hall–Kier alpha value is -0.500. The van der Waals surface area contributed by atoms with Gasteiger partial charge in [-0.1, -0.05) is 22.0 Å². The van der Waals surface area contributed by atoms with Crippen LogP contribution >= 0.6 is 15.9 Å². The summed E-state index contributed by atoms with van der Waals surface area (Å²) >= 11 is 3.43. The highest BCUT2D eigenvalue weighted by molar-refractivity contribution is 9.09. The molecule has 0 aliphatic carbocycles. The van der Waals surface area contributed by atoms with Crippen molar-refractivity contribution in [3.8, 4) is 5.75 Å². The van der Waals surface area contributed by atoms with E-state index in [1.54, 1.807) is 0 Å². The Morgan fingerprint density at radius 1 is 1.00 bits per heavy atom. The van der Waals surface area contributed by atoms with Crippen LogP contribution in [-0.2, 0) is 0 Å². The average molecular weight is 285 g/mol. The molecule has 16 heavy (non-hydrogen) atoms. The van der Waals surface area contributed by atoms with E-state index in [1.807, 2.05) is 0 Å². The minimum atomic E-state index is 0.816. The summed E-state index contributed by atoms with van der Waals surface area (Å²) in [6.07, 6.45) is 2.28. The molecule has 1 nitrogen and oxygen atoms in total. The molecule has 0 saturated carbocycles. The second-order valence-electron chi connectivity index (χ2n) is 4.33. The summed E-state index contributed by atoms with van der Waals surface area (Å²) in [4.78, 5) is 0. The van der Waals surface area contributed by atoms with Crippen molar-refractivity contribution in [3.05, 3.63) is 28.3 Å². The molecule has 0 bridgehead atoms. The van der Waals surface area contributed by atoms with E-state index in [1.165, 1.54) is 28.7 Å². The third-order valence-corrected chi connectivity index (χ3v) is 3.63. The Morgan fingerprint density at radius 3 is 2.06 bits per heavy atom. The molecule has 1 aromatic rings. The van der Waals surface area contributed by atoms with Crippen LogP contribution in [0.15, 0.2) is 6.07 Å². The van der Waals surface area contributed by atoms with Gasteiger partial charge in [-0.25, -0.2) is 0 Å². The van der Waals surface area contributed by atoms with Crippen LogP contribution in [0.25, 0.3) is 0 Å². The Bertz CT molecular complexity index is 332. The van der Waals surface area contributed by atoms with Gasteiger partial charge in [-0.15, -0.1) is 0 Å². The number of alkyl halides is 1. The van der Waals surface area contributed by atoms with Gasteiger partial charge < -0.3 is 4.74 Å². The zero-order valence-electron chi connectivity index (χ0n) is 10.7. The maximum atomic E-state index is 5.91. The molecule has 1 rings (SSSR count). The molecule has 0 aromatic heterocycles. The van der Waals surface area contributed by atoms with Gasteiger partial charge in [0.15, 0.2) is 0 Å². The first-order valence-corrected chi connectivity index (χ1v) is 6.96. The van der Waals surface area contributed by atoms with Crippen LogP contribution in [0, 0.1) is 27.7 Å². The molecular formula is C14H21BrO. The summed E-state index contributed by atoms with van der Waals surface area (Å²) < 4.78 is 5.91. The minimum absolute atomic E-state index is 0.816. The van der Waals surface area contributed by atoms with E-state index < -0.39 is 0 Å². The topological polar surface area (TPSA) is 9.23 Å². The number of unbranched alkanes of at least 4 members (excludes halogenated alkanes) is 1. The van der Waals surface area contributed by atoms with Gasteiger partial charge in [0, 0.05) is 5.33 Å². The van der Waals surface area contributed by atoms with E-state index in [0.717, 1.165) is 24.1 Å². The highest BCUT2D eigenvalue weighted by Crippen LogP contribution is 2.28. The Labute approximate surface area is 107 Å². The Morgan fingerprint density at radius 2 is 1.56 bits per heavy atom. The van der Waals surface area contributed by atoms with Crippen LogP contribution in [0.2, 0.25) is 0 Å². The Balaban J connectivity index is 2.78. The van der Waals surface area contributed by atoms with E-state index in [9.17, 15) is 0 Å². The van der Waals surface area contributed by atoms with Gasteiger partial charge in [-0.05, 0) is 62.8 Å². The first-order chi connectivity index (χ1) is 7.57. The van der Waals surface area contributed by atoms with E-state index in [-0.39, 0.29) is 0 Å². The zero-order valence-corrected chi connectivity index (χ0v) is 12.3. The summed E-state index contributed by atoms with van der Waals surface area (Å²) in [5.41, 5.74) is 5.20. The van der Waals surface area contributed by atoms with Crippen molar-refractivity contribution in [2.75, 3.05) is 11.9 Å². The molecule has 0 saturated heterocycles. The van der Waals surface area contributed by atoms with Crippen molar-refractivity contribution in [3.63, 3.8) is 0 Å². The summed E-state index contributed by atoms with van der Waals surface area (Å²) in [5, 5.41) is 1.06. The van der Waals surface area contributed by atoms with Gasteiger partial charge >= 0.3 is 0 Å². The molecule has 0 amide bonds.